The first-order valence-electron chi connectivity index (χ1n) is 7.27. The van der Waals surface area contributed by atoms with Gasteiger partial charge in [-0.25, -0.2) is 9.18 Å². The van der Waals surface area contributed by atoms with Crippen LogP contribution in [0.3, 0.4) is 0 Å². The maximum atomic E-state index is 12.7. The van der Waals surface area contributed by atoms with Crippen molar-refractivity contribution in [2.45, 2.75) is 44.9 Å². The Kier molecular flexibility index (Phi) is 8.36. The van der Waals surface area contributed by atoms with Crippen LogP contribution >= 0.6 is 0 Å². The lowest BCUT2D eigenvalue weighted by atomic mass is 10.1. The SMILES string of the molecule is C=CCCCCCCCCOC(=O)c1ccc(F)cc1. The van der Waals surface area contributed by atoms with E-state index in [1.165, 1.54) is 49.9 Å². The van der Waals surface area contributed by atoms with Crippen LogP contribution in [0.4, 0.5) is 4.39 Å². The maximum Gasteiger partial charge on any atom is 0.338 e. The van der Waals surface area contributed by atoms with Crippen molar-refractivity contribution in [1.82, 2.24) is 0 Å². The summed E-state index contributed by atoms with van der Waals surface area (Å²) in [6.07, 6.45) is 9.85. The van der Waals surface area contributed by atoms with Gasteiger partial charge >= 0.3 is 5.97 Å². The van der Waals surface area contributed by atoms with Gasteiger partial charge in [0.25, 0.3) is 0 Å². The van der Waals surface area contributed by atoms with Gasteiger partial charge in [-0.3, -0.25) is 0 Å². The summed E-state index contributed by atoms with van der Waals surface area (Å²) in [5, 5.41) is 0. The van der Waals surface area contributed by atoms with Crippen LogP contribution in [0.25, 0.3) is 0 Å². The number of unbranched alkanes of at least 4 members (excludes halogenated alkanes) is 6. The number of allylic oxidation sites excluding steroid dienone is 1. The number of benzene rings is 1. The number of rotatable bonds is 10. The Bertz CT molecular complexity index is 398. The molecule has 0 radical (unpaired) electrons. The molecule has 0 N–H and O–H groups in total. The molecule has 3 heteroatoms. The molecule has 1 rings (SSSR count). The fraction of sp³-hybridized carbons (Fsp3) is 0.471. The highest BCUT2D eigenvalue weighted by Gasteiger charge is 2.06. The van der Waals surface area contributed by atoms with Gasteiger partial charge in [0, 0.05) is 0 Å². The first-order chi connectivity index (χ1) is 9.74. The largest absolute Gasteiger partial charge is 0.462 e. The molecular weight excluding hydrogens is 255 g/mol. The van der Waals surface area contributed by atoms with Crippen molar-refractivity contribution >= 4 is 5.97 Å². The molecule has 0 bridgehead atoms. The highest BCUT2D eigenvalue weighted by atomic mass is 19.1. The second-order valence-corrected chi connectivity index (χ2v) is 4.84. The Labute approximate surface area is 120 Å². The molecule has 0 heterocycles. The lowest BCUT2D eigenvalue weighted by Gasteiger charge is -2.05. The van der Waals surface area contributed by atoms with E-state index in [0.29, 0.717) is 12.2 Å². The summed E-state index contributed by atoms with van der Waals surface area (Å²) < 4.78 is 17.8. The number of hydrogen-bond acceptors (Lipinski definition) is 2. The minimum atomic E-state index is -0.379. The Hall–Kier alpha value is -1.64. The number of esters is 1. The molecule has 20 heavy (non-hydrogen) atoms. The number of carbonyl (C=O) groups is 1. The normalized spacial score (nSPS) is 10.2. The van der Waals surface area contributed by atoms with E-state index < -0.39 is 0 Å². The van der Waals surface area contributed by atoms with Gasteiger partial charge in [-0.05, 0) is 43.5 Å². The van der Waals surface area contributed by atoms with Crippen LogP contribution in [-0.2, 0) is 4.74 Å². The molecule has 0 fully saturated rings. The van der Waals surface area contributed by atoms with Gasteiger partial charge in [0.05, 0.1) is 12.2 Å². The van der Waals surface area contributed by atoms with Gasteiger partial charge in [-0.2, -0.15) is 0 Å². The lowest BCUT2D eigenvalue weighted by molar-refractivity contribution is 0.0497. The summed E-state index contributed by atoms with van der Waals surface area (Å²) in [5.41, 5.74) is 0.399. The fourth-order valence-electron chi connectivity index (χ4n) is 1.93. The van der Waals surface area contributed by atoms with E-state index in [1.54, 1.807) is 0 Å². The molecule has 0 unspecified atom stereocenters. The zero-order valence-electron chi connectivity index (χ0n) is 11.9. The van der Waals surface area contributed by atoms with Crippen molar-refractivity contribution in [3.63, 3.8) is 0 Å². The van der Waals surface area contributed by atoms with Crippen molar-refractivity contribution in [3.8, 4) is 0 Å². The maximum absolute atomic E-state index is 12.7. The molecule has 0 saturated carbocycles. The van der Waals surface area contributed by atoms with Gasteiger partial charge in [-0.1, -0.05) is 31.8 Å². The molecule has 1 aromatic carbocycles. The van der Waals surface area contributed by atoms with Crippen LogP contribution in [-0.4, -0.2) is 12.6 Å². The van der Waals surface area contributed by atoms with Crippen molar-refractivity contribution < 1.29 is 13.9 Å². The topological polar surface area (TPSA) is 26.3 Å². The van der Waals surface area contributed by atoms with Gasteiger partial charge < -0.3 is 4.74 Å². The Morgan fingerprint density at radius 3 is 2.30 bits per heavy atom. The van der Waals surface area contributed by atoms with E-state index >= 15 is 0 Å². The molecule has 2 nitrogen and oxygen atoms in total. The van der Waals surface area contributed by atoms with Crippen LogP contribution in [0.2, 0.25) is 0 Å². The molecule has 0 aliphatic carbocycles. The molecule has 0 atom stereocenters. The summed E-state index contributed by atoms with van der Waals surface area (Å²) in [7, 11) is 0. The minimum absolute atomic E-state index is 0.349. The van der Waals surface area contributed by atoms with Crippen LogP contribution in [0.1, 0.15) is 55.3 Å². The molecule has 0 aromatic heterocycles. The third kappa shape index (κ3) is 7.07. The van der Waals surface area contributed by atoms with E-state index in [9.17, 15) is 9.18 Å². The van der Waals surface area contributed by atoms with E-state index in [4.69, 9.17) is 4.74 Å². The highest BCUT2D eigenvalue weighted by molar-refractivity contribution is 5.89. The average Bonchev–Trinajstić information content (AvgIpc) is 2.46. The van der Waals surface area contributed by atoms with Crippen LogP contribution in [0.5, 0.6) is 0 Å². The van der Waals surface area contributed by atoms with Gasteiger partial charge in [0.1, 0.15) is 5.82 Å². The van der Waals surface area contributed by atoms with Crippen LogP contribution in [0, 0.1) is 5.82 Å². The van der Waals surface area contributed by atoms with Crippen LogP contribution in [0.15, 0.2) is 36.9 Å². The summed E-state index contributed by atoms with van der Waals surface area (Å²) in [4.78, 5) is 11.6. The van der Waals surface area contributed by atoms with Crippen LogP contribution < -0.4 is 0 Å². The second-order valence-electron chi connectivity index (χ2n) is 4.84. The number of carbonyl (C=O) groups excluding carboxylic acids is 1. The molecular formula is C17H23FO2. The highest BCUT2D eigenvalue weighted by Crippen LogP contribution is 2.09. The molecule has 110 valence electrons. The lowest BCUT2D eigenvalue weighted by Crippen LogP contribution is -2.06. The molecule has 0 amide bonds. The smallest absolute Gasteiger partial charge is 0.338 e. The zero-order chi connectivity index (χ0) is 14.6. The Morgan fingerprint density at radius 1 is 1.05 bits per heavy atom. The van der Waals surface area contributed by atoms with Crippen molar-refractivity contribution in [2.75, 3.05) is 6.61 Å². The van der Waals surface area contributed by atoms with E-state index in [1.807, 2.05) is 6.08 Å². The first-order valence-corrected chi connectivity index (χ1v) is 7.27. The standard InChI is InChI=1S/C17H23FO2/c1-2-3-4-5-6-7-8-9-14-20-17(19)15-10-12-16(18)13-11-15/h2,10-13H,1,3-9,14H2. The first kappa shape index (κ1) is 16.4. The molecule has 0 saturated heterocycles. The fourth-order valence-corrected chi connectivity index (χ4v) is 1.93. The van der Waals surface area contributed by atoms with Crippen molar-refractivity contribution in [2.24, 2.45) is 0 Å². The molecule has 0 aliphatic rings. The van der Waals surface area contributed by atoms with E-state index in [2.05, 4.69) is 6.58 Å². The third-order valence-corrected chi connectivity index (χ3v) is 3.12. The number of hydrogen-bond donors (Lipinski definition) is 0. The zero-order valence-corrected chi connectivity index (χ0v) is 11.9. The summed E-state index contributed by atoms with van der Waals surface area (Å²) in [6, 6.07) is 5.41. The summed E-state index contributed by atoms with van der Waals surface area (Å²) in [6.45, 7) is 4.13. The number of halogens is 1. The quantitative estimate of drug-likeness (QED) is 0.346. The predicted octanol–water partition coefficient (Wildman–Crippen LogP) is 4.90. The second kappa shape index (κ2) is 10.2. The van der Waals surface area contributed by atoms with Gasteiger partial charge in [-0.15, -0.1) is 6.58 Å². The van der Waals surface area contributed by atoms with Crippen molar-refractivity contribution in [3.05, 3.63) is 48.3 Å². The summed E-state index contributed by atoms with van der Waals surface area (Å²) >= 11 is 0. The monoisotopic (exact) mass is 278 g/mol. The molecule has 1 aromatic rings. The average molecular weight is 278 g/mol. The minimum Gasteiger partial charge on any atom is -0.462 e. The van der Waals surface area contributed by atoms with Gasteiger partial charge in [0.2, 0.25) is 0 Å². The molecule has 0 aliphatic heterocycles. The Balaban J connectivity index is 2.02. The van der Waals surface area contributed by atoms with E-state index in [0.717, 1.165) is 19.3 Å². The van der Waals surface area contributed by atoms with Crippen molar-refractivity contribution in [1.29, 1.82) is 0 Å². The summed E-state index contributed by atoms with van der Waals surface area (Å²) in [5.74, 6) is -0.728. The predicted molar refractivity (Wildman–Crippen MR) is 79.2 cm³/mol. The third-order valence-electron chi connectivity index (χ3n) is 3.12. The molecule has 0 spiro atoms. The Morgan fingerprint density at radius 2 is 1.65 bits per heavy atom. The van der Waals surface area contributed by atoms with E-state index in [-0.39, 0.29) is 11.8 Å². The van der Waals surface area contributed by atoms with Gasteiger partial charge in [0.15, 0.2) is 0 Å². The number of ether oxygens (including phenoxy) is 1.